The summed E-state index contributed by atoms with van der Waals surface area (Å²) in [4.78, 5) is 12.2. The van der Waals surface area contributed by atoms with Gasteiger partial charge in [-0.05, 0) is 30.0 Å². The maximum absolute atomic E-state index is 12.6. The molecule has 0 heterocycles. The van der Waals surface area contributed by atoms with Crippen molar-refractivity contribution < 1.29 is 22.7 Å². The van der Waals surface area contributed by atoms with Crippen molar-refractivity contribution in [3.8, 4) is 5.75 Å². The third-order valence-electron chi connectivity index (χ3n) is 3.15. The van der Waals surface area contributed by atoms with Crippen LogP contribution in [0.3, 0.4) is 0 Å². The highest BCUT2D eigenvalue weighted by Gasteiger charge is 2.48. The summed E-state index contributed by atoms with van der Waals surface area (Å²) >= 11 is 1.75. The number of Topliss-reactive ketones (excluding diaryl/α,β-unsaturated/α-hetero) is 1. The smallest absolute Gasteiger partial charge is 0.496 e. The van der Waals surface area contributed by atoms with E-state index < -0.39 is 27.9 Å². The first kappa shape index (κ1) is 20.7. The van der Waals surface area contributed by atoms with E-state index in [1.165, 1.54) is 13.2 Å². The molecule has 0 fully saturated rings. The van der Waals surface area contributed by atoms with Gasteiger partial charge in [-0.15, -0.1) is 13.2 Å². The summed E-state index contributed by atoms with van der Waals surface area (Å²) < 4.78 is 43.0. The Morgan fingerprint density at radius 3 is 2.17 bits per heavy atom. The van der Waals surface area contributed by atoms with Crippen molar-refractivity contribution in [3.05, 3.63) is 42.0 Å². The molecule has 0 saturated carbocycles. The number of benzene rings is 2. The summed E-state index contributed by atoms with van der Waals surface area (Å²) in [6.07, 6.45) is 5.13. The van der Waals surface area contributed by atoms with E-state index in [0.717, 1.165) is 6.26 Å². The Labute approximate surface area is 147 Å². The van der Waals surface area contributed by atoms with Gasteiger partial charge in [-0.2, -0.15) is 11.8 Å². The second kappa shape index (κ2) is 9.22. The predicted molar refractivity (Wildman–Crippen MR) is 98.5 cm³/mol. The van der Waals surface area contributed by atoms with Crippen molar-refractivity contribution in [2.24, 2.45) is 0 Å². The Morgan fingerprint density at radius 2 is 1.67 bits per heavy atom. The summed E-state index contributed by atoms with van der Waals surface area (Å²) in [6.45, 7) is 0. The van der Waals surface area contributed by atoms with E-state index in [1.54, 1.807) is 42.1 Å². The first-order valence-electron chi connectivity index (χ1n) is 6.94. The van der Waals surface area contributed by atoms with Gasteiger partial charge in [-0.3, -0.25) is 4.79 Å². The molecule has 1 atom stereocenters. The minimum absolute atomic E-state index is 0.301. The predicted octanol–water partition coefficient (Wildman–Crippen LogP) is 4.78. The van der Waals surface area contributed by atoms with Gasteiger partial charge < -0.3 is 4.74 Å². The first-order chi connectivity index (χ1) is 11.3. The molecule has 0 aliphatic carbocycles. The lowest BCUT2D eigenvalue weighted by atomic mass is 10.0. The normalized spacial score (nSPS) is 12.3. The van der Waals surface area contributed by atoms with Crippen LogP contribution in [-0.4, -0.2) is 42.9 Å². The van der Waals surface area contributed by atoms with Crippen LogP contribution in [0, 0.1) is 0 Å². The third-order valence-corrected chi connectivity index (χ3v) is 4.63. The molecule has 0 aliphatic rings. The molecule has 2 aromatic rings. The van der Waals surface area contributed by atoms with Gasteiger partial charge in [0.05, 0.1) is 7.11 Å². The van der Waals surface area contributed by atoms with Crippen molar-refractivity contribution in [1.82, 2.24) is 0 Å². The van der Waals surface area contributed by atoms with Crippen LogP contribution in [0.25, 0.3) is 10.8 Å². The van der Waals surface area contributed by atoms with E-state index in [2.05, 4.69) is 0 Å². The van der Waals surface area contributed by atoms with Crippen molar-refractivity contribution in [2.45, 2.75) is 5.51 Å². The van der Waals surface area contributed by atoms with Crippen molar-refractivity contribution in [1.29, 1.82) is 0 Å². The number of halogens is 3. The number of hydrogen-bond donors (Lipinski definition) is 0. The fourth-order valence-electron chi connectivity index (χ4n) is 2.05. The number of carbonyl (C=O) groups excluding carboxylic acids is 1. The Morgan fingerprint density at radius 1 is 1.12 bits per heavy atom. The zero-order valence-electron chi connectivity index (χ0n) is 13.9. The van der Waals surface area contributed by atoms with Crippen LogP contribution in [-0.2, 0) is 10.9 Å². The van der Waals surface area contributed by atoms with E-state index in [9.17, 15) is 18.0 Å². The monoisotopic (exact) mass is 377 g/mol. The lowest BCUT2D eigenvalue weighted by molar-refractivity contribution is -0.0364. The van der Waals surface area contributed by atoms with Gasteiger partial charge >= 0.3 is 5.51 Å². The highest BCUT2D eigenvalue weighted by atomic mass is 32.2. The SMILES string of the molecule is COc1ccc(C(=O)C[S+](C)C(F)(F)F)c2ccccc12.CSC. The minimum atomic E-state index is -4.34. The summed E-state index contributed by atoms with van der Waals surface area (Å²) in [7, 11) is -0.438. The van der Waals surface area contributed by atoms with E-state index in [-0.39, 0.29) is 0 Å². The second-order valence-corrected chi connectivity index (χ2v) is 7.76. The highest BCUT2D eigenvalue weighted by molar-refractivity contribution is 7.98. The van der Waals surface area contributed by atoms with E-state index in [1.807, 2.05) is 12.5 Å². The zero-order chi connectivity index (χ0) is 18.3. The van der Waals surface area contributed by atoms with E-state index >= 15 is 0 Å². The molecule has 0 radical (unpaired) electrons. The van der Waals surface area contributed by atoms with Crippen LogP contribution in [0.2, 0.25) is 0 Å². The van der Waals surface area contributed by atoms with Crippen molar-refractivity contribution in [2.75, 3.05) is 31.6 Å². The Kier molecular flexibility index (Phi) is 7.96. The maximum Gasteiger partial charge on any atom is 0.575 e. The number of hydrogen-bond acceptors (Lipinski definition) is 3. The molecule has 24 heavy (non-hydrogen) atoms. The number of fused-ring (bicyclic) bond motifs is 1. The molecule has 0 aliphatic heterocycles. The molecule has 2 aromatic carbocycles. The fourth-order valence-corrected chi connectivity index (χ4v) is 2.76. The van der Waals surface area contributed by atoms with Gasteiger partial charge in [-0.1, -0.05) is 24.3 Å². The van der Waals surface area contributed by atoms with Gasteiger partial charge in [-0.25, -0.2) is 0 Å². The summed E-state index contributed by atoms with van der Waals surface area (Å²) in [6, 6.07) is 10.2. The molecule has 2 rings (SSSR count). The van der Waals surface area contributed by atoms with Crippen LogP contribution >= 0.6 is 11.8 Å². The molecule has 132 valence electrons. The van der Waals surface area contributed by atoms with E-state index in [4.69, 9.17) is 4.74 Å². The molecule has 1 unspecified atom stereocenters. The van der Waals surface area contributed by atoms with Gasteiger partial charge in [0.1, 0.15) is 22.9 Å². The molecule has 0 aromatic heterocycles. The number of rotatable bonds is 4. The number of carbonyl (C=O) groups is 1. The van der Waals surface area contributed by atoms with Crippen molar-refractivity contribution >= 4 is 39.2 Å². The average molecular weight is 377 g/mol. The quantitative estimate of drug-likeness (QED) is 0.567. The molecule has 0 spiro atoms. The maximum atomic E-state index is 12.6. The summed E-state index contributed by atoms with van der Waals surface area (Å²) in [5, 5.41) is 1.33. The molecule has 7 heteroatoms. The van der Waals surface area contributed by atoms with Gasteiger partial charge in [0.15, 0.2) is 5.75 Å². The molecule has 0 bridgehead atoms. The zero-order valence-corrected chi connectivity index (χ0v) is 15.6. The molecular weight excluding hydrogens is 357 g/mol. The first-order valence-corrected chi connectivity index (χ1v) is 10.4. The van der Waals surface area contributed by atoms with E-state index in [0.29, 0.717) is 22.1 Å². The van der Waals surface area contributed by atoms with Gasteiger partial charge in [0.25, 0.3) is 0 Å². The largest absolute Gasteiger partial charge is 0.575 e. The van der Waals surface area contributed by atoms with Crippen LogP contribution in [0.15, 0.2) is 36.4 Å². The summed E-state index contributed by atoms with van der Waals surface area (Å²) in [5.74, 6) is -0.440. The molecule has 0 N–H and O–H groups in total. The number of ether oxygens (including phenoxy) is 1. The number of methoxy groups -OCH3 is 1. The lowest BCUT2D eigenvalue weighted by Crippen LogP contribution is -2.29. The van der Waals surface area contributed by atoms with Crippen LogP contribution in [0.1, 0.15) is 10.4 Å². The number of ketones is 1. The van der Waals surface area contributed by atoms with Crippen LogP contribution in [0.5, 0.6) is 5.75 Å². The number of thioether (sulfide) groups is 1. The number of alkyl halides is 3. The van der Waals surface area contributed by atoms with Crippen molar-refractivity contribution in [3.63, 3.8) is 0 Å². The van der Waals surface area contributed by atoms with Gasteiger partial charge in [0, 0.05) is 10.9 Å². The fraction of sp³-hybridized carbons (Fsp3) is 0.353. The topological polar surface area (TPSA) is 26.3 Å². The molecular formula is C17H20F3O2S2+. The highest BCUT2D eigenvalue weighted by Crippen LogP contribution is 2.30. The molecule has 2 nitrogen and oxygen atoms in total. The Bertz CT molecular complexity index is 687. The standard InChI is InChI=1S/C15H14F3O2S.C2H6S/c1-20-14-8-7-11(10-5-3-4-6-12(10)14)13(19)9-21(2)15(16,17)18;1-3-2/h3-8H,9H2,1-2H3;1-2H3/q+1;. The molecule has 0 amide bonds. The Balaban J connectivity index is 0.000000891. The molecule has 0 saturated heterocycles. The van der Waals surface area contributed by atoms with Gasteiger partial charge in [0.2, 0.25) is 5.78 Å². The average Bonchev–Trinajstić information content (AvgIpc) is 2.53. The van der Waals surface area contributed by atoms with Crippen LogP contribution < -0.4 is 4.74 Å². The summed E-state index contributed by atoms with van der Waals surface area (Å²) in [5.41, 5.74) is -4.03. The van der Waals surface area contributed by atoms with Crippen LogP contribution in [0.4, 0.5) is 13.2 Å². The second-order valence-electron chi connectivity index (χ2n) is 4.92. The Hall–Kier alpha value is -1.34. The lowest BCUT2D eigenvalue weighted by Gasteiger charge is -2.10. The minimum Gasteiger partial charge on any atom is -0.496 e. The third kappa shape index (κ3) is 5.34.